The second-order valence-electron chi connectivity index (χ2n) is 2.50. The standard InChI is InChI=1S/C8H12ClN3O/c1-13-4-2-3-10-8-6-11-7(9)5-12-8/h5-6H,2-4H2,1H3,(H,10,12). The summed E-state index contributed by atoms with van der Waals surface area (Å²) in [6.45, 7) is 1.57. The van der Waals surface area contributed by atoms with Crippen LogP contribution in [0.4, 0.5) is 5.82 Å². The van der Waals surface area contributed by atoms with Gasteiger partial charge in [-0.2, -0.15) is 0 Å². The lowest BCUT2D eigenvalue weighted by Gasteiger charge is -2.03. The van der Waals surface area contributed by atoms with Gasteiger partial charge in [0.15, 0.2) is 0 Å². The molecule has 0 amide bonds. The van der Waals surface area contributed by atoms with Crippen molar-refractivity contribution in [2.75, 3.05) is 25.6 Å². The Balaban J connectivity index is 2.25. The molecule has 13 heavy (non-hydrogen) atoms. The zero-order valence-electron chi connectivity index (χ0n) is 7.46. The van der Waals surface area contributed by atoms with Crippen LogP contribution in [0.25, 0.3) is 0 Å². The summed E-state index contributed by atoms with van der Waals surface area (Å²) in [6.07, 6.45) is 4.07. The van der Waals surface area contributed by atoms with Crippen molar-refractivity contribution in [1.82, 2.24) is 9.97 Å². The smallest absolute Gasteiger partial charge is 0.147 e. The van der Waals surface area contributed by atoms with E-state index in [9.17, 15) is 0 Å². The maximum absolute atomic E-state index is 5.57. The second-order valence-corrected chi connectivity index (χ2v) is 2.88. The molecule has 0 spiro atoms. The van der Waals surface area contributed by atoms with Crippen molar-refractivity contribution < 1.29 is 4.74 Å². The van der Waals surface area contributed by atoms with Gasteiger partial charge in [0.2, 0.25) is 0 Å². The molecular weight excluding hydrogens is 190 g/mol. The highest BCUT2D eigenvalue weighted by atomic mass is 35.5. The first-order valence-electron chi connectivity index (χ1n) is 4.03. The van der Waals surface area contributed by atoms with E-state index in [4.69, 9.17) is 16.3 Å². The van der Waals surface area contributed by atoms with Crippen LogP contribution in [-0.2, 0) is 4.74 Å². The third-order valence-corrected chi connectivity index (χ3v) is 1.65. The minimum absolute atomic E-state index is 0.405. The molecule has 0 aliphatic heterocycles. The van der Waals surface area contributed by atoms with Gasteiger partial charge >= 0.3 is 0 Å². The summed E-state index contributed by atoms with van der Waals surface area (Å²) in [4.78, 5) is 7.92. The van der Waals surface area contributed by atoms with Crippen molar-refractivity contribution in [1.29, 1.82) is 0 Å². The van der Waals surface area contributed by atoms with E-state index in [2.05, 4.69) is 15.3 Å². The number of nitrogens with zero attached hydrogens (tertiary/aromatic N) is 2. The Hall–Kier alpha value is -0.870. The average molecular weight is 202 g/mol. The maximum atomic E-state index is 5.57. The van der Waals surface area contributed by atoms with E-state index in [1.165, 1.54) is 6.20 Å². The van der Waals surface area contributed by atoms with Gasteiger partial charge in [-0.1, -0.05) is 11.6 Å². The fourth-order valence-corrected chi connectivity index (χ4v) is 0.934. The molecule has 1 aromatic rings. The molecule has 1 rings (SSSR count). The summed E-state index contributed by atoms with van der Waals surface area (Å²) in [5, 5.41) is 3.50. The van der Waals surface area contributed by atoms with Crippen LogP contribution in [0.3, 0.4) is 0 Å². The average Bonchev–Trinajstić information content (AvgIpc) is 2.15. The molecule has 5 heteroatoms. The monoisotopic (exact) mass is 201 g/mol. The molecule has 0 aliphatic carbocycles. The van der Waals surface area contributed by atoms with Gasteiger partial charge in [-0.25, -0.2) is 9.97 Å². The highest BCUT2D eigenvalue weighted by molar-refractivity contribution is 6.29. The first-order valence-corrected chi connectivity index (χ1v) is 4.41. The van der Waals surface area contributed by atoms with Crippen molar-refractivity contribution in [2.45, 2.75) is 6.42 Å². The van der Waals surface area contributed by atoms with Crippen LogP contribution in [-0.4, -0.2) is 30.2 Å². The Morgan fingerprint density at radius 3 is 2.92 bits per heavy atom. The Kier molecular flexibility index (Phi) is 4.49. The predicted molar refractivity (Wildman–Crippen MR) is 52.0 cm³/mol. The quantitative estimate of drug-likeness (QED) is 0.735. The Labute approximate surface area is 82.3 Å². The number of hydrogen-bond acceptors (Lipinski definition) is 4. The third-order valence-electron chi connectivity index (χ3n) is 1.45. The van der Waals surface area contributed by atoms with Gasteiger partial charge in [0.1, 0.15) is 11.0 Å². The molecule has 1 aromatic heterocycles. The second kappa shape index (κ2) is 5.72. The Bertz CT molecular complexity index is 240. The summed E-state index contributed by atoms with van der Waals surface area (Å²) in [5.41, 5.74) is 0. The van der Waals surface area contributed by atoms with Gasteiger partial charge in [0, 0.05) is 20.3 Å². The number of methoxy groups -OCH3 is 1. The lowest BCUT2D eigenvalue weighted by Crippen LogP contribution is -2.05. The van der Waals surface area contributed by atoms with Crippen LogP contribution in [0.15, 0.2) is 12.4 Å². The first kappa shape index (κ1) is 10.2. The summed E-state index contributed by atoms with van der Waals surface area (Å²) in [6, 6.07) is 0. The van der Waals surface area contributed by atoms with E-state index >= 15 is 0 Å². The summed E-state index contributed by atoms with van der Waals surface area (Å²) in [7, 11) is 1.68. The molecule has 0 fully saturated rings. The van der Waals surface area contributed by atoms with E-state index in [1.807, 2.05) is 0 Å². The summed E-state index contributed by atoms with van der Waals surface area (Å²) >= 11 is 5.57. The van der Waals surface area contributed by atoms with Gasteiger partial charge in [-0.15, -0.1) is 0 Å². The topological polar surface area (TPSA) is 47.0 Å². The van der Waals surface area contributed by atoms with E-state index < -0.39 is 0 Å². The lowest BCUT2D eigenvalue weighted by atomic mass is 10.4. The number of rotatable bonds is 5. The van der Waals surface area contributed by atoms with Gasteiger partial charge < -0.3 is 10.1 Å². The van der Waals surface area contributed by atoms with Crippen molar-refractivity contribution in [3.8, 4) is 0 Å². The zero-order valence-corrected chi connectivity index (χ0v) is 8.21. The molecule has 0 saturated heterocycles. The Morgan fingerprint density at radius 2 is 2.31 bits per heavy atom. The Morgan fingerprint density at radius 1 is 1.46 bits per heavy atom. The van der Waals surface area contributed by atoms with E-state index in [0.29, 0.717) is 5.15 Å². The highest BCUT2D eigenvalue weighted by Gasteiger charge is 1.93. The van der Waals surface area contributed by atoms with E-state index in [1.54, 1.807) is 13.3 Å². The first-order chi connectivity index (χ1) is 6.33. The predicted octanol–water partition coefficient (Wildman–Crippen LogP) is 1.58. The lowest BCUT2D eigenvalue weighted by molar-refractivity contribution is 0.197. The number of halogens is 1. The van der Waals surface area contributed by atoms with Gasteiger partial charge in [-0.3, -0.25) is 0 Å². The van der Waals surface area contributed by atoms with Gasteiger partial charge in [0.25, 0.3) is 0 Å². The van der Waals surface area contributed by atoms with Gasteiger partial charge in [-0.05, 0) is 6.42 Å². The molecule has 0 unspecified atom stereocenters. The maximum Gasteiger partial charge on any atom is 0.147 e. The number of aromatic nitrogens is 2. The van der Waals surface area contributed by atoms with Crippen LogP contribution in [0.2, 0.25) is 5.15 Å². The number of anilines is 1. The van der Waals surface area contributed by atoms with Crippen molar-refractivity contribution in [3.63, 3.8) is 0 Å². The molecule has 0 aliphatic rings. The van der Waals surface area contributed by atoms with Crippen molar-refractivity contribution in [2.24, 2.45) is 0 Å². The SMILES string of the molecule is COCCCNc1cnc(Cl)cn1. The number of ether oxygens (including phenoxy) is 1. The summed E-state index contributed by atoms with van der Waals surface area (Å²) in [5.74, 6) is 0.737. The molecule has 0 radical (unpaired) electrons. The molecule has 0 atom stereocenters. The summed E-state index contributed by atoms with van der Waals surface area (Å²) < 4.78 is 4.90. The zero-order chi connectivity index (χ0) is 9.52. The molecular formula is C8H12ClN3O. The fourth-order valence-electron chi connectivity index (χ4n) is 0.837. The van der Waals surface area contributed by atoms with Crippen LogP contribution < -0.4 is 5.32 Å². The van der Waals surface area contributed by atoms with E-state index in [0.717, 1.165) is 25.4 Å². The molecule has 0 aromatic carbocycles. The fraction of sp³-hybridized carbons (Fsp3) is 0.500. The number of nitrogens with one attached hydrogen (secondary N) is 1. The van der Waals surface area contributed by atoms with E-state index in [-0.39, 0.29) is 0 Å². The minimum atomic E-state index is 0.405. The molecule has 1 N–H and O–H groups in total. The molecule has 1 heterocycles. The van der Waals surface area contributed by atoms with Crippen molar-refractivity contribution in [3.05, 3.63) is 17.5 Å². The van der Waals surface area contributed by atoms with Crippen molar-refractivity contribution >= 4 is 17.4 Å². The molecule has 0 bridgehead atoms. The van der Waals surface area contributed by atoms with Crippen LogP contribution in [0, 0.1) is 0 Å². The largest absolute Gasteiger partial charge is 0.385 e. The molecule has 0 saturated carbocycles. The highest BCUT2D eigenvalue weighted by Crippen LogP contribution is 2.04. The van der Waals surface area contributed by atoms with Crippen LogP contribution in [0.5, 0.6) is 0 Å². The van der Waals surface area contributed by atoms with Crippen LogP contribution >= 0.6 is 11.6 Å². The molecule has 4 nitrogen and oxygen atoms in total. The van der Waals surface area contributed by atoms with Crippen LogP contribution in [0.1, 0.15) is 6.42 Å². The van der Waals surface area contributed by atoms with Gasteiger partial charge in [0.05, 0.1) is 12.4 Å². The normalized spacial score (nSPS) is 10.0. The minimum Gasteiger partial charge on any atom is -0.385 e. The third kappa shape index (κ3) is 4.05. The molecule has 72 valence electrons. The number of hydrogen-bond donors (Lipinski definition) is 1.